The second kappa shape index (κ2) is 17.0. The van der Waals surface area contributed by atoms with E-state index in [1.165, 1.54) is 0 Å². The van der Waals surface area contributed by atoms with Crippen LogP contribution in [0.2, 0.25) is 0 Å². The summed E-state index contributed by atoms with van der Waals surface area (Å²) in [5, 5.41) is 9.26. The highest BCUT2D eigenvalue weighted by molar-refractivity contribution is 8.02. The van der Waals surface area contributed by atoms with Gasteiger partial charge in [-0.2, -0.15) is 0 Å². The van der Waals surface area contributed by atoms with Crippen LogP contribution in [0, 0.1) is 11.8 Å². The Morgan fingerprint density at radius 3 is 2.06 bits per heavy atom. The number of carbonyl (C=O) groups is 3. The van der Waals surface area contributed by atoms with Crippen molar-refractivity contribution in [2.45, 2.75) is 75.3 Å². The first kappa shape index (κ1) is 37.5. The Balaban J connectivity index is 1.50. The third-order valence-electron chi connectivity index (χ3n) is 10.5. The average molecular weight is 703 g/mol. The van der Waals surface area contributed by atoms with Crippen molar-refractivity contribution in [3.05, 3.63) is 73.8 Å². The number of thioether (sulfide) groups is 1. The van der Waals surface area contributed by atoms with Crippen molar-refractivity contribution in [3.63, 3.8) is 0 Å². The number of rotatable bonds is 19. The maximum absolute atomic E-state index is 15.0. The van der Waals surface area contributed by atoms with Crippen LogP contribution in [0.25, 0.3) is 0 Å². The van der Waals surface area contributed by atoms with Gasteiger partial charge in [0.1, 0.15) is 11.8 Å². The number of unbranched alkanes of at least 4 members (excludes halogenated alkanes) is 3. The van der Waals surface area contributed by atoms with Gasteiger partial charge in [0.2, 0.25) is 11.8 Å². The third-order valence-corrected chi connectivity index (χ3v) is 12.5. The summed E-state index contributed by atoms with van der Waals surface area (Å²) in [4.78, 5) is 51.9. The fourth-order valence-corrected chi connectivity index (χ4v) is 10.5. The molecule has 0 aliphatic carbocycles. The zero-order valence-electron chi connectivity index (χ0n) is 30.0. The summed E-state index contributed by atoms with van der Waals surface area (Å²) >= 11 is 1.69. The van der Waals surface area contributed by atoms with Crippen molar-refractivity contribution >= 4 is 46.5 Å². The first-order valence-corrected chi connectivity index (χ1v) is 19.2. The number of likely N-dealkylation sites (tertiary alicyclic amines) is 1. The number of anilines is 3. The highest BCUT2D eigenvalue weighted by Crippen LogP contribution is 2.67. The van der Waals surface area contributed by atoms with E-state index >= 15 is 4.79 Å². The Morgan fingerprint density at radius 1 is 0.900 bits per heavy atom. The van der Waals surface area contributed by atoms with Gasteiger partial charge >= 0.3 is 0 Å². The fraction of sp³-hybridized carbons (Fsp3) is 0.525. The molecular weight excluding hydrogens is 649 g/mol. The molecule has 3 heterocycles. The van der Waals surface area contributed by atoms with Gasteiger partial charge in [-0.05, 0) is 95.0 Å². The number of aliphatic hydroxyl groups is 1. The van der Waals surface area contributed by atoms with E-state index in [-0.39, 0.29) is 29.6 Å². The summed E-state index contributed by atoms with van der Waals surface area (Å²) in [5.74, 6) is -0.746. The van der Waals surface area contributed by atoms with Crippen LogP contribution in [0.1, 0.15) is 59.3 Å². The van der Waals surface area contributed by atoms with E-state index in [4.69, 9.17) is 4.74 Å². The zero-order valence-corrected chi connectivity index (χ0v) is 30.8. The topological polar surface area (TPSA) is 93.6 Å². The zero-order chi connectivity index (χ0) is 35.8. The predicted octanol–water partition coefficient (Wildman–Crippen LogP) is 6.31. The molecule has 10 heteroatoms. The van der Waals surface area contributed by atoms with Gasteiger partial charge in [-0.3, -0.25) is 14.4 Å². The Morgan fingerprint density at radius 2 is 1.48 bits per heavy atom. The van der Waals surface area contributed by atoms with Gasteiger partial charge in [-0.15, -0.1) is 24.9 Å². The van der Waals surface area contributed by atoms with Crippen molar-refractivity contribution in [3.8, 4) is 5.75 Å². The lowest BCUT2D eigenvalue weighted by molar-refractivity contribution is -0.139. The monoisotopic (exact) mass is 702 g/mol. The average Bonchev–Trinajstić information content (AvgIpc) is 3.77. The Labute approximate surface area is 302 Å². The van der Waals surface area contributed by atoms with Gasteiger partial charge in [0.25, 0.3) is 5.91 Å². The number of aliphatic hydroxyl groups excluding tert-OH is 1. The van der Waals surface area contributed by atoms with Gasteiger partial charge in [0.15, 0.2) is 0 Å². The smallest absolute Gasteiger partial charge is 0.251 e. The number of nitrogens with zero attached hydrogens (tertiary/aromatic N) is 4. The number of benzene rings is 2. The SMILES string of the molecule is C=CCN(C(=O)C1N(CCCCCCO)C(=O)[C@@H]2[C@H](C(=O)N(CC=C)c3ccc(OCC)cc3)[C@@H]3CCC12S3)c1ccc(N(CC)CC)cc1. The Bertz CT molecular complexity index is 1500. The molecule has 0 radical (unpaired) electrons. The molecule has 3 aliphatic rings. The predicted molar refractivity (Wildman–Crippen MR) is 204 cm³/mol. The Hall–Kier alpha value is -3.76. The van der Waals surface area contributed by atoms with E-state index in [0.29, 0.717) is 39.1 Å². The first-order valence-electron chi connectivity index (χ1n) is 18.3. The molecular formula is C40H54N4O5S. The summed E-state index contributed by atoms with van der Waals surface area (Å²) in [6, 6.07) is 14.8. The van der Waals surface area contributed by atoms with Gasteiger partial charge in [0.05, 0.1) is 23.2 Å². The lowest BCUT2D eigenvalue weighted by atomic mass is 9.70. The maximum atomic E-state index is 15.0. The number of carbonyl (C=O) groups excluding carboxylic acids is 3. The molecule has 3 fully saturated rings. The minimum Gasteiger partial charge on any atom is -0.494 e. The summed E-state index contributed by atoms with van der Waals surface area (Å²) in [5.41, 5.74) is 2.58. The quantitative estimate of drug-likeness (QED) is 0.136. The third kappa shape index (κ3) is 7.19. The van der Waals surface area contributed by atoms with E-state index in [0.717, 1.165) is 61.6 Å². The highest BCUT2D eigenvalue weighted by atomic mass is 32.2. The molecule has 270 valence electrons. The van der Waals surface area contributed by atoms with Crippen LogP contribution in [0.3, 0.4) is 0 Å². The second-order valence-electron chi connectivity index (χ2n) is 13.3. The number of ether oxygens (including phenoxy) is 1. The van der Waals surface area contributed by atoms with E-state index in [1.807, 2.05) is 55.5 Å². The second-order valence-corrected chi connectivity index (χ2v) is 14.9. The molecule has 0 aromatic heterocycles. The molecule has 2 aromatic rings. The minimum atomic E-state index is -0.705. The number of amides is 3. The molecule has 50 heavy (non-hydrogen) atoms. The summed E-state index contributed by atoms with van der Waals surface area (Å²) in [7, 11) is 0. The molecule has 3 amide bonds. The highest BCUT2D eigenvalue weighted by Gasteiger charge is 2.74. The van der Waals surface area contributed by atoms with Crippen LogP contribution in [0.5, 0.6) is 5.75 Å². The summed E-state index contributed by atoms with van der Waals surface area (Å²) in [6.45, 7) is 17.6. The lowest BCUT2D eigenvalue weighted by Gasteiger charge is -2.37. The van der Waals surface area contributed by atoms with Crippen LogP contribution in [-0.2, 0) is 14.4 Å². The van der Waals surface area contributed by atoms with Crippen molar-refractivity contribution in [2.75, 3.05) is 60.6 Å². The van der Waals surface area contributed by atoms with Gasteiger partial charge in [-0.1, -0.05) is 25.0 Å². The molecule has 5 rings (SSSR count). The van der Waals surface area contributed by atoms with Crippen LogP contribution in [-0.4, -0.2) is 89.7 Å². The largest absolute Gasteiger partial charge is 0.494 e. The molecule has 2 bridgehead atoms. The number of hydrogen-bond donors (Lipinski definition) is 1. The van der Waals surface area contributed by atoms with Gasteiger partial charge in [-0.25, -0.2) is 0 Å². The normalized spacial score (nSPS) is 23.4. The molecule has 2 aromatic carbocycles. The van der Waals surface area contributed by atoms with Crippen molar-refractivity contribution in [1.29, 1.82) is 0 Å². The minimum absolute atomic E-state index is 0.0605. The summed E-state index contributed by atoms with van der Waals surface area (Å²) in [6.07, 6.45) is 8.04. The molecule has 2 unspecified atom stereocenters. The van der Waals surface area contributed by atoms with Crippen LogP contribution in [0.15, 0.2) is 73.8 Å². The molecule has 5 atom stereocenters. The molecule has 1 N–H and O–H groups in total. The van der Waals surface area contributed by atoms with E-state index < -0.39 is 22.6 Å². The fourth-order valence-electron chi connectivity index (χ4n) is 8.25. The molecule has 0 saturated carbocycles. The van der Waals surface area contributed by atoms with Crippen LogP contribution < -0.4 is 19.4 Å². The number of hydrogen-bond acceptors (Lipinski definition) is 7. The molecule has 1 spiro atoms. The molecule has 3 saturated heterocycles. The lowest BCUT2D eigenvalue weighted by Crippen LogP contribution is -2.55. The number of fused-ring (bicyclic) bond motifs is 1. The van der Waals surface area contributed by atoms with Crippen LogP contribution in [0.4, 0.5) is 17.1 Å². The van der Waals surface area contributed by atoms with Crippen molar-refractivity contribution < 1.29 is 24.2 Å². The summed E-state index contributed by atoms with van der Waals surface area (Å²) < 4.78 is 4.93. The standard InChI is InChI=1S/C40H54N4O5S/c1-6-25-42(31-19-21-32(22-20-31)49-10-5)37(46)34-33-23-24-40(50-33)35(34)38(47)44(27-13-11-12-14-28-45)36(40)39(48)43(26-7-2)30-17-15-29(16-18-30)41(8-3)9-4/h6-7,15-22,33-36,45H,1-2,8-14,23-28H2,3-5H3/t33-,34+,35-,36?,40?/m0/s1. The molecule has 9 nitrogen and oxygen atoms in total. The van der Waals surface area contributed by atoms with E-state index in [1.54, 1.807) is 38.6 Å². The first-order chi connectivity index (χ1) is 24.3. The van der Waals surface area contributed by atoms with Crippen molar-refractivity contribution in [2.24, 2.45) is 11.8 Å². The van der Waals surface area contributed by atoms with Gasteiger partial charge < -0.3 is 29.4 Å². The Kier molecular flexibility index (Phi) is 12.7. The van der Waals surface area contributed by atoms with Crippen molar-refractivity contribution in [1.82, 2.24) is 4.90 Å². The van der Waals surface area contributed by atoms with Crippen LogP contribution >= 0.6 is 11.8 Å². The molecule has 3 aliphatic heterocycles. The van der Waals surface area contributed by atoms with Gasteiger partial charge in [0, 0.05) is 61.6 Å². The van der Waals surface area contributed by atoms with E-state index in [9.17, 15) is 14.7 Å². The maximum Gasteiger partial charge on any atom is 0.251 e. The van der Waals surface area contributed by atoms with E-state index in [2.05, 4.69) is 31.9 Å².